The van der Waals surface area contributed by atoms with Gasteiger partial charge in [-0.25, -0.2) is 0 Å². The van der Waals surface area contributed by atoms with Crippen molar-refractivity contribution in [2.75, 3.05) is 18.5 Å². The number of amides is 1. The molecule has 0 radical (unpaired) electrons. The van der Waals surface area contributed by atoms with Crippen molar-refractivity contribution in [1.29, 1.82) is 0 Å². The van der Waals surface area contributed by atoms with E-state index < -0.39 is 0 Å². The average molecular weight is 601 g/mol. The molecule has 0 spiro atoms. The van der Waals surface area contributed by atoms with Crippen molar-refractivity contribution in [3.05, 3.63) is 87.7 Å². The Hall–Kier alpha value is -3.80. The first kappa shape index (κ1) is 34.7. The molecule has 1 atom stereocenters. The van der Waals surface area contributed by atoms with Crippen molar-refractivity contribution in [2.24, 2.45) is 5.92 Å². The van der Waals surface area contributed by atoms with Crippen LogP contribution in [-0.2, 0) is 6.54 Å². The van der Waals surface area contributed by atoms with Crippen LogP contribution < -0.4 is 20.3 Å². The minimum Gasteiger partial charge on any atom is -0.485 e. The van der Waals surface area contributed by atoms with E-state index in [0.717, 1.165) is 62.3 Å². The highest BCUT2D eigenvalue weighted by molar-refractivity contribution is 6.05. The van der Waals surface area contributed by atoms with Crippen molar-refractivity contribution in [3.63, 3.8) is 0 Å². The Labute approximate surface area is 264 Å². The molecule has 2 aromatic carbocycles. The molecule has 3 aromatic rings. The highest BCUT2D eigenvalue weighted by Crippen LogP contribution is 2.35. The summed E-state index contributed by atoms with van der Waals surface area (Å²) in [5.74, 6) is 0.853. The second kappa shape index (κ2) is 18.1. The molecular formula is C38H52N2O4. The first-order chi connectivity index (χ1) is 21.2. The number of carbonyl (C=O) groups is 1. The van der Waals surface area contributed by atoms with Gasteiger partial charge in [0, 0.05) is 23.2 Å². The van der Waals surface area contributed by atoms with Crippen LogP contribution in [0.15, 0.2) is 76.6 Å². The van der Waals surface area contributed by atoms with Gasteiger partial charge in [0.1, 0.15) is 6.61 Å². The van der Waals surface area contributed by atoms with Crippen molar-refractivity contribution in [1.82, 2.24) is 4.57 Å². The third-order valence-electron chi connectivity index (χ3n) is 7.75. The summed E-state index contributed by atoms with van der Waals surface area (Å²) in [6.45, 7) is 14.2. The van der Waals surface area contributed by atoms with Gasteiger partial charge in [0.2, 0.25) is 5.75 Å². The monoisotopic (exact) mass is 600 g/mol. The molecule has 44 heavy (non-hydrogen) atoms. The molecule has 0 fully saturated rings. The van der Waals surface area contributed by atoms with Crippen molar-refractivity contribution in [2.45, 2.75) is 99.5 Å². The quantitative estimate of drug-likeness (QED) is 0.117. The zero-order valence-electron chi connectivity index (χ0n) is 27.7. The van der Waals surface area contributed by atoms with E-state index in [4.69, 9.17) is 9.47 Å². The predicted molar refractivity (Wildman–Crippen MR) is 184 cm³/mol. The number of benzene rings is 2. The molecule has 0 aliphatic heterocycles. The van der Waals surface area contributed by atoms with Crippen molar-refractivity contribution >= 4 is 22.5 Å². The van der Waals surface area contributed by atoms with Crippen molar-refractivity contribution < 1.29 is 14.3 Å². The van der Waals surface area contributed by atoms with Crippen LogP contribution in [0.25, 0.3) is 10.9 Å². The fourth-order valence-electron chi connectivity index (χ4n) is 5.22. The number of rotatable bonds is 18. The molecular weight excluding hydrogens is 548 g/mol. The standard InChI is InChI=1S/C38H52N2O4/c1-7-9-10-14-24-40-34-26-32(39-37(41)31-19-12-11-13-20-31)21-22-33(34)35(36(38(40)42)44-27-30(6)16-8-2)43-25-23-29(5)18-15-17-28(3)4/h11-13,17,19-23,26,30H,7-10,14-16,18,24-25,27H2,1-6H3,(H,39,41). The van der Waals surface area contributed by atoms with Crippen LogP contribution in [0.2, 0.25) is 0 Å². The summed E-state index contributed by atoms with van der Waals surface area (Å²) >= 11 is 0. The number of unbranched alkanes of at least 4 members (excludes halogenated alkanes) is 3. The van der Waals surface area contributed by atoms with E-state index in [-0.39, 0.29) is 17.2 Å². The first-order valence-corrected chi connectivity index (χ1v) is 16.4. The summed E-state index contributed by atoms with van der Waals surface area (Å²) in [6.07, 6.45) is 12.5. The third kappa shape index (κ3) is 10.4. The topological polar surface area (TPSA) is 69.6 Å². The van der Waals surface area contributed by atoms with E-state index in [1.54, 1.807) is 16.7 Å². The predicted octanol–water partition coefficient (Wildman–Crippen LogP) is 9.72. The number of hydrogen-bond donors (Lipinski definition) is 1. The van der Waals surface area contributed by atoms with E-state index in [1.165, 1.54) is 11.1 Å². The maximum absolute atomic E-state index is 14.1. The van der Waals surface area contributed by atoms with Gasteiger partial charge in [0.25, 0.3) is 11.5 Å². The molecule has 6 nitrogen and oxygen atoms in total. The Balaban J connectivity index is 2.05. The molecule has 1 unspecified atom stereocenters. The van der Waals surface area contributed by atoms with E-state index in [9.17, 15) is 9.59 Å². The maximum atomic E-state index is 14.1. The van der Waals surface area contributed by atoms with Gasteiger partial charge >= 0.3 is 0 Å². The van der Waals surface area contributed by atoms with E-state index >= 15 is 0 Å². The van der Waals surface area contributed by atoms with Crippen LogP contribution in [0.4, 0.5) is 5.69 Å². The number of ether oxygens (including phenoxy) is 2. The van der Waals surface area contributed by atoms with Gasteiger partial charge in [-0.1, -0.05) is 81.9 Å². The van der Waals surface area contributed by atoms with Crippen LogP contribution in [-0.4, -0.2) is 23.7 Å². The zero-order chi connectivity index (χ0) is 31.9. The largest absolute Gasteiger partial charge is 0.485 e. The normalized spacial score (nSPS) is 12.2. The molecule has 0 saturated carbocycles. The number of pyridine rings is 1. The van der Waals surface area contributed by atoms with Gasteiger partial charge in [0.15, 0.2) is 5.75 Å². The second-order valence-corrected chi connectivity index (χ2v) is 12.1. The number of anilines is 1. The highest BCUT2D eigenvalue weighted by atomic mass is 16.5. The Morgan fingerprint density at radius 1 is 0.932 bits per heavy atom. The lowest BCUT2D eigenvalue weighted by atomic mass is 10.1. The number of nitrogens with one attached hydrogen (secondary N) is 1. The number of aromatic nitrogens is 1. The number of hydrogen-bond acceptors (Lipinski definition) is 4. The van der Waals surface area contributed by atoms with Crippen LogP contribution in [0.3, 0.4) is 0 Å². The van der Waals surface area contributed by atoms with Crippen molar-refractivity contribution in [3.8, 4) is 11.5 Å². The molecule has 238 valence electrons. The number of allylic oxidation sites excluding steroid dienone is 3. The SMILES string of the molecule is CCCCCCn1c(=O)c(OCC(C)CCC)c(OCC=C(C)CCC=C(C)C)c2ccc(NC(=O)c3ccccc3)cc21. The Morgan fingerprint density at radius 2 is 1.70 bits per heavy atom. The van der Waals surface area contributed by atoms with Crippen LogP contribution in [0.1, 0.15) is 103 Å². The van der Waals surface area contributed by atoms with Crippen LogP contribution >= 0.6 is 0 Å². The summed E-state index contributed by atoms with van der Waals surface area (Å²) in [7, 11) is 0. The molecule has 1 N–H and O–H groups in total. The average Bonchev–Trinajstić information content (AvgIpc) is 3.00. The minimum atomic E-state index is -0.197. The molecule has 1 aromatic heterocycles. The summed E-state index contributed by atoms with van der Waals surface area (Å²) in [6, 6.07) is 14.8. The van der Waals surface area contributed by atoms with Gasteiger partial charge < -0.3 is 19.4 Å². The molecule has 0 aliphatic carbocycles. The van der Waals surface area contributed by atoms with Crippen LogP contribution in [0, 0.1) is 5.92 Å². The lowest BCUT2D eigenvalue weighted by Crippen LogP contribution is -2.25. The minimum absolute atomic E-state index is 0.191. The van der Waals surface area contributed by atoms with Gasteiger partial charge in [-0.2, -0.15) is 0 Å². The Bertz CT molecular complexity index is 1470. The molecule has 0 aliphatic rings. The Kier molecular flexibility index (Phi) is 14.3. The van der Waals surface area contributed by atoms with Gasteiger partial charge in [-0.15, -0.1) is 0 Å². The summed E-state index contributed by atoms with van der Waals surface area (Å²) in [5.41, 5.74) is 4.29. The number of fused-ring (bicyclic) bond motifs is 1. The molecule has 0 saturated heterocycles. The summed E-state index contributed by atoms with van der Waals surface area (Å²) in [4.78, 5) is 27.1. The molecule has 1 heterocycles. The van der Waals surface area contributed by atoms with Gasteiger partial charge in [-0.05, 0) is 88.8 Å². The van der Waals surface area contributed by atoms with Crippen LogP contribution in [0.5, 0.6) is 11.5 Å². The first-order valence-electron chi connectivity index (χ1n) is 16.4. The van der Waals surface area contributed by atoms with Gasteiger partial charge in [-0.3, -0.25) is 9.59 Å². The zero-order valence-corrected chi connectivity index (χ0v) is 27.7. The molecule has 3 rings (SSSR count). The Morgan fingerprint density at radius 3 is 2.41 bits per heavy atom. The summed E-state index contributed by atoms with van der Waals surface area (Å²) in [5, 5.41) is 3.80. The summed E-state index contributed by atoms with van der Waals surface area (Å²) < 4.78 is 14.5. The smallest absolute Gasteiger partial charge is 0.297 e. The second-order valence-electron chi connectivity index (χ2n) is 12.1. The molecule has 6 heteroatoms. The number of nitrogens with zero attached hydrogens (tertiary/aromatic N) is 1. The third-order valence-corrected chi connectivity index (χ3v) is 7.75. The maximum Gasteiger partial charge on any atom is 0.297 e. The molecule has 1 amide bonds. The van der Waals surface area contributed by atoms with E-state index in [2.05, 4.69) is 59.0 Å². The van der Waals surface area contributed by atoms with E-state index in [0.29, 0.717) is 42.7 Å². The molecule has 0 bridgehead atoms. The number of aryl methyl sites for hydroxylation is 1. The van der Waals surface area contributed by atoms with Gasteiger partial charge in [0.05, 0.1) is 12.1 Å². The fourth-order valence-corrected chi connectivity index (χ4v) is 5.22. The number of carbonyl (C=O) groups excluding carboxylic acids is 1. The lowest BCUT2D eigenvalue weighted by Gasteiger charge is -2.20. The lowest BCUT2D eigenvalue weighted by molar-refractivity contribution is 0.102. The van der Waals surface area contributed by atoms with E-state index in [1.807, 2.05) is 36.4 Å². The fraction of sp³-hybridized carbons (Fsp3) is 0.474. The highest BCUT2D eigenvalue weighted by Gasteiger charge is 2.21.